The molecule has 0 bridgehead atoms. The summed E-state index contributed by atoms with van der Waals surface area (Å²) >= 11 is 6.01. The van der Waals surface area contributed by atoms with Crippen molar-refractivity contribution < 1.29 is 37.3 Å². The Balaban J connectivity index is 0.000000425. The maximum absolute atomic E-state index is 12.7. The number of aliphatic hydroxyl groups is 1. The fraction of sp³-hybridized carbons (Fsp3) is 0.435. The van der Waals surface area contributed by atoms with E-state index in [0.717, 1.165) is 45.4 Å². The average Bonchev–Trinajstić information content (AvgIpc) is 2.83. The molecule has 8 nitrogen and oxygen atoms in total. The van der Waals surface area contributed by atoms with Gasteiger partial charge < -0.3 is 30.0 Å². The third-order valence-electron chi connectivity index (χ3n) is 4.94. The van der Waals surface area contributed by atoms with E-state index in [1.807, 2.05) is 7.05 Å². The van der Waals surface area contributed by atoms with Crippen LogP contribution >= 0.6 is 11.6 Å². The Labute approximate surface area is 206 Å². The van der Waals surface area contributed by atoms with Gasteiger partial charge in [-0.15, -0.1) is 0 Å². The predicted octanol–water partition coefficient (Wildman–Crippen LogP) is 3.61. The van der Waals surface area contributed by atoms with Crippen LogP contribution in [0.1, 0.15) is 28.0 Å². The van der Waals surface area contributed by atoms with Crippen LogP contribution in [-0.4, -0.2) is 63.7 Å². The molecule has 2 heterocycles. The van der Waals surface area contributed by atoms with Gasteiger partial charge in [0.25, 0.3) is 0 Å². The second-order valence-corrected chi connectivity index (χ2v) is 7.89. The quantitative estimate of drug-likeness (QED) is 0.431. The normalized spacial score (nSPS) is 13.7. The fourth-order valence-corrected chi connectivity index (χ4v) is 3.39. The number of nitrogens with one attached hydrogen (secondary N) is 2. The number of benzene rings is 1. The summed E-state index contributed by atoms with van der Waals surface area (Å²) in [5.74, 6) is 0.228. The zero-order valence-electron chi connectivity index (χ0n) is 19.6. The molecule has 3 N–H and O–H groups in total. The van der Waals surface area contributed by atoms with E-state index in [4.69, 9.17) is 26.2 Å². The monoisotopic (exact) mass is 519 g/mol. The first-order valence-electron chi connectivity index (χ1n) is 10.4. The summed E-state index contributed by atoms with van der Waals surface area (Å²) in [7, 11) is 4.24. The number of carbonyl (C=O) groups excluding carboxylic acids is 2. The minimum absolute atomic E-state index is 0.0505. The largest absolute Gasteiger partial charge is 0.495 e. The van der Waals surface area contributed by atoms with Gasteiger partial charge in [-0.1, -0.05) is 11.6 Å². The molecular formula is C23H29ClF3N3O5. The van der Waals surface area contributed by atoms with E-state index in [-0.39, 0.29) is 23.3 Å². The van der Waals surface area contributed by atoms with E-state index < -0.39 is 11.9 Å². The average molecular weight is 520 g/mol. The molecule has 194 valence electrons. The minimum atomic E-state index is -4.54. The molecule has 12 heteroatoms. The Morgan fingerprint density at radius 1 is 1.26 bits per heavy atom. The molecule has 0 unspecified atom stereocenters. The van der Waals surface area contributed by atoms with Crippen LogP contribution in [0.15, 0.2) is 30.5 Å². The van der Waals surface area contributed by atoms with Crippen molar-refractivity contribution in [3.63, 3.8) is 0 Å². The van der Waals surface area contributed by atoms with Crippen LogP contribution < -0.4 is 15.4 Å². The number of alkyl halides is 3. The second kappa shape index (κ2) is 14.6. The number of anilines is 1. The highest BCUT2D eigenvalue weighted by atomic mass is 35.5. The lowest BCUT2D eigenvalue weighted by Gasteiger charge is -2.39. The van der Waals surface area contributed by atoms with E-state index >= 15 is 0 Å². The lowest BCUT2D eigenvalue weighted by atomic mass is 9.83. The summed E-state index contributed by atoms with van der Waals surface area (Å²) in [6.07, 6.45) is -1.27. The van der Waals surface area contributed by atoms with E-state index in [0.29, 0.717) is 29.0 Å². The van der Waals surface area contributed by atoms with Gasteiger partial charge in [-0.25, -0.2) is 4.98 Å². The number of hydrogen-bond acceptors (Lipinski definition) is 8. The highest BCUT2D eigenvalue weighted by Gasteiger charge is 2.37. The van der Waals surface area contributed by atoms with Gasteiger partial charge in [0.15, 0.2) is 0 Å². The van der Waals surface area contributed by atoms with Crippen LogP contribution in [-0.2, 0) is 22.3 Å². The summed E-state index contributed by atoms with van der Waals surface area (Å²) in [6, 6.07) is 5.50. The van der Waals surface area contributed by atoms with Crippen LogP contribution in [0.3, 0.4) is 0 Å². The highest BCUT2D eigenvalue weighted by Crippen LogP contribution is 2.31. The molecule has 1 aromatic carbocycles. The van der Waals surface area contributed by atoms with Crippen molar-refractivity contribution in [3.8, 4) is 5.75 Å². The molecule has 1 aliphatic rings. The van der Waals surface area contributed by atoms with Crippen LogP contribution in [0.2, 0.25) is 5.02 Å². The number of halogens is 4. The Morgan fingerprint density at radius 2 is 1.94 bits per heavy atom. The molecule has 0 spiro atoms. The van der Waals surface area contributed by atoms with Gasteiger partial charge in [0, 0.05) is 43.2 Å². The van der Waals surface area contributed by atoms with E-state index in [2.05, 4.69) is 15.6 Å². The minimum Gasteiger partial charge on any atom is -0.495 e. The molecule has 1 aromatic heterocycles. The SMILES string of the molecule is CNCC1(CC=O)COC1.CO.COc1cnc(C(F)(F)F)cc1CNc1ccc(C=O)cc1Cl. The van der Waals surface area contributed by atoms with Gasteiger partial charge in [0.05, 0.1) is 37.2 Å². The van der Waals surface area contributed by atoms with Gasteiger partial charge in [-0.2, -0.15) is 13.2 Å². The molecule has 0 saturated carbocycles. The number of pyridine rings is 1. The van der Waals surface area contributed by atoms with Gasteiger partial charge in [-0.3, -0.25) is 4.79 Å². The molecule has 3 rings (SSSR count). The van der Waals surface area contributed by atoms with E-state index in [1.54, 1.807) is 12.1 Å². The first-order chi connectivity index (χ1) is 16.7. The zero-order valence-corrected chi connectivity index (χ0v) is 20.4. The van der Waals surface area contributed by atoms with Crippen molar-refractivity contribution in [2.75, 3.05) is 46.3 Å². The van der Waals surface area contributed by atoms with Crippen LogP contribution in [0.5, 0.6) is 5.75 Å². The molecule has 1 fully saturated rings. The molecule has 0 radical (unpaired) electrons. The predicted molar refractivity (Wildman–Crippen MR) is 126 cm³/mol. The van der Waals surface area contributed by atoms with Crippen molar-refractivity contribution >= 4 is 29.9 Å². The summed E-state index contributed by atoms with van der Waals surface area (Å²) < 4.78 is 48.3. The van der Waals surface area contributed by atoms with E-state index in [9.17, 15) is 22.8 Å². The van der Waals surface area contributed by atoms with Gasteiger partial charge in [-0.05, 0) is 31.3 Å². The van der Waals surface area contributed by atoms with Gasteiger partial charge in [0.1, 0.15) is 24.0 Å². The molecule has 2 aromatic rings. The molecule has 0 atom stereocenters. The second-order valence-electron chi connectivity index (χ2n) is 7.48. The van der Waals surface area contributed by atoms with Crippen LogP contribution in [0.25, 0.3) is 0 Å². The first kappa shape index (κ1) is 30.3. The van der Waals surface area contributed by atoms with Crippen molar-refractivity contribution in [3.05, 3.63) is 52.3 Å². The van der Waals surface area contributed by atoms with E-state index in [1.165, 1.54) is 13.2 Å². The van der Waals surface area contributed by atoms with Crippen LogP contribution in [0.4, 0.5) is 18.9 Å². The van der Waals surface area contributed by atoms with Crippen molar-refractivity contribution in [1.29, 1.82) is 0 Å². The van der Waals surface area contributed by atoms with Crippen molar-refractivity contribution in [1.82, 2.24) is 10.3 Å². The number of aromatic nitrogens is 1. The zero-order chi connectivity index (χ0) is 26.5. The first-order valence-corrected chi connectivity index (χ1v) is 10.7. The number of aldehydes is 2. The maximum Gasteiger partial charge on any atom is 0.433 e. The van der Waals surface area contributed by atoms with Crippen molar-refractivity contribution in [2.45, 2.75) is 19.1 Å². The fourth-order valence-electron chi connectivity index (χ4n) is 3.13. The molecule has 35 heavy (non-hydrogen) atoms. The standard InChI is InChI=1S/C15H12ClF3N2O2.C7H13NO2.CH4O/c1-23-13-7-21-14(15(17,18)19)5-10(13)6-20-12-3-2-9(8-22)4-11(12)16;1-8-4-7(2-3-9)5-10-6-7;1-2/h2-5,7-8,20H,6H2,1H3;3,8H,2,4-6H2,1H3;2H,1H3. The topological polar surface area (TPSA) is 110 Å². The smallest absolute Gasteiger partial charge is 0.433 e. The van der Waals surface area contributed by atoms with Gasteiger partial charge >= 0.3 is 6.18 Å². The Morgan fingerprint density at radius 3 is 2.40 bits per heavy atom. The maximum atomic E-state index is 12.7. The summed E-state index contributed by atoms with van der Waals surface area (Å²) in [6.45, 7) is 2.39. The lowest BCUT2D eigenvalue weighted by Crippen LogP contribution is -2.49. The summed E-state index contributed by atoms with van der Waals surface area (Å²) in [5, 5.41) is 13.3. The number of rotatable bonds is 9. The molecule has 1 aliphatic heterocycles. The molecular weight excluding hydrogens is 491 g/mol. The number of hydrogen-bond donors (Lipinski definition) is 3. The third-order valence-corrected chi connectivity index (χ3v) is 5.25. The number of aliphatic hydroxyl groups excluding tert-OH is 1. The summed E-state index contributed by atoms with van der Waals surface area (Å²) in [4.78, 5) is 24.2. The lowest BCUT2D eigenvalue weighted by molar-refractivity contribution is -0.141. The molecule has 0 aliphatic carbocycles. The number of methoxy groups -OCH3 is 1. The Kier molecular flexibility index (Phi) is 12.7. The van der Waals surface area contributed by atoms with Crippen LogP contribution in [0, 0.1) is 5.41 Å². The summed E-state index contributed by atoms with van der Waals surface area (Å²) in [5.41, 5.74) is 0.296. The molecule has 0 amide bonds. The Bertz CT molecular complexity index is 956. The molecule has 1 saturated heterocycles. The van der Waals surface area contributed by atoms with Gasteiger partial charge in [0.2, 0.25) is 0 Å². The highest BCUT2D eigenvalue weighted by molar-refractivity contribution is 6.33. The number of nitrogens with zero attached hydrogens (tertiary/aromatic N) is 1. The van der Waals surface area contributed by atoms with Crippen molar-refractivity contribution in [2.24, 2.45) is 5.41 Å². The number of ether oxygens (including phenoxy) is 2. The third kappa shape index (κ3) is 9.10. The number of carbonyl (C=O) groups is 2. The Hall–Kier alpha value is -2.73.